The fourth-order valence-electron chi connectivity index (χ4n) is 2.16. The van der Waals surface area contributed by atoms with E-state index in [1.807, 2.05) is 43.3 Å². The normalized spacial score (nSPS) is 11.0. The van der Waals surface area contributed by atoms with Crippen LogP contribution in [0.1, 0.15) is 23.4 Å². The van der Waals surface area contributed by atoms with Crippen molar-refractivity contribution < 1.29 is 4.74 Å². The molecule has 3 nitrogen and oxygen atoms in total. The lowest BCUT2D eigenvalue weighted by atomic mass is 10.2. The van der Waals surface area contributed by atoms with Crippen molar-refractivity contribution in [2.45, 2.75) is 13.3 Å². The molecule has 1 aromatic carbocycles. The van der Waals surface area contributed by atoms with Crippen molar-refractivity contribution in [1.29, 1.82) is 0 Å². The van der Waals surface area contributed by atoms with Crippen LogP contribution in [0, 0.1) is 6.92 Å². The molecule has 2 rings (SSSR count). The molecule has 0 aliphatic carbocycles. The van der Waals surface area contributed by atoms with Gasteiger partial charge in [-0.15, -0.1) is 12.4 Å². The number of hydrogen-bond acceptors (Lipinski definition) is 3. The van der Waals surface area contributed by atoms with Gasteiger partial charge in [0.25, 0.3) is 0 Å². The largest absolute Gasteiger partial charge is 0.491 e. The molecule has 25 heavy (non-hydrogen) atoms. The molecule has 0 spiro atoms. The number of pyridine rings is 1. The molecular weight excluding hydrogens is 379 g/mol. The highest BCUT2D eigenvalue weighted by Gasteiger charge is 2.04. The molecule has 136 valence electrons. The Balaban J connectivity index is 0.00000312. The summed E-state index contributed by atoms with van der Waals surface area (Å²) in [6.45, 7) is 3.62. The molecule has 0 bridgehead atoms. The van der Waals surface area contributed by atoms with Gasteiger partial charge in [-0.1, -0.05) is 35.3 Å². The van der Waals surface area contributed by atoms with Crippen LogP contribution in [0.2, 0.25) is 10.0 Å². The zero-order valence-corrected chi connectivity index (χ0v) is 17.0. The number of ether oxygens (including phenoxy) is 1. The van der Waals surface area contributed by atoms with E-state index in [-0.39, 0.29) is 12.4 Å². The van der Waals surface area contributed by atoms with Gasteiger partial charge >= 0.3 is 0 Å². The van der Waals surface area contributed by atoms with Gasteiger partial charge in [0.05, 0.1) is 16.7 Å². The second kappa shape index (κ2) is 10.7. The van der Waals surface area contributed by atoms with Crippen LogP contribution in [0.25, 0.3) is 12.2 Å². The first-order valence-corrected chi connectivity index (χ1v) is 8.59. The van der Waals surface area contributed by atoms with Gasteiger partial charge in [0.15, 0.2) is 0 Å². The summed E-state index contributed by atoms with van der Waals surface area (Å²) >= 11 is 12.0. The monoisotopic (exact) mass is 400 g/mol. The van der Waals surface area contributed by atoms with Crippen molar-refractivity contribution in [2.75, 3.05) is 27.2 Å². The second-order valence-corrected chi connectivity index (χ2v) is 6.66. The predicted molar refractivity (Wildman–Crippen MR) is 110 cm³/mol. The standard InChI is InChI=1S/C19H22Cl2N2O.ClH/c1-14-5-10-19(24-12-4-11-23(2)3)18(22-14)9-7-15-6-8-16(20)17(21)13-15;/h5-10,13H,4,11-12H2,1-3H3;1H. The molecule has 0 radical (unpaired) electrons. The lowest BCUT2D eigenvalue weighted by molar-refractivity contribution is 0.280. The molecule has 0 atom stereocenters. The third-order valence-electron chi connectivity index (χ3n) is 3.41. The summed E-state index contributed by atoms with van der Waals surface area (Å²) in [6.07, 6.45) is 4.86. The molecule has 0 saturated heterocycles. The molecule has 0 fully saturated rings. The fourth-order valence-corrected chi connectivity index (χ4v) is 2.47. The molecule has 0 saturated carbocycles. The van der Waals surface area contributed by atoms with Gasteiger partial charge in [-0.3, -0.25) is 0 Å². The number of nitrogens with zero attached hydrogens (tertiary/aromatic N) is 2. The van der Waals surface area contributed by atoms with E-state index in [4.69, 9.17) is 27.9 Å². The van der Waals surface area contributed by atoms with Gasteiger partial charge in [0.1, 0.15) is 11.4 Å². The highest BCUT2D eigenvalue weighted by molar-refractivity contribution is 6.42. The molecule has 0 aliphatic heterocycles. The van der Waals surface area contributed by atoms with E-state index in [0.29, 0.717) is 16.7 Å². The van der Waals surface area contributed by atoms with Crippen molar-refractivity contribution >= 4 is 47.8 Å². The van der Waals surface area contributed by atoms with Crippen molar-refractivity contribution in [2.24, 2.45) is 0 Å². The van der Waals surface area contributed by atoms with Crippen molar-refractivity contribution in [3.05, 3.63) is 57.3 Å². The molecule has 0 aliphatic rings. The molecule has 1 aromatic heterocycles. The van der Waals surface area contributed by atoms with E-state index in [0.717, 1.165) is 35.7 Å². The summed E-state index contributed by atoms with van der Waals surface area (Å²) in [5.74, 6) is 0.788. The lowest BCUT2D eigenvalue weighted by Gasteiger charge is -2.12. The first-order valence-electron chi connectivity index (χ1n) is 7.84. The quantitative estimate of drug-likeness (QED) is 0.563. The Hall–Kier alpha value is -1.26. The maximum atomic E-state index is 6.05. The second-order valence-electron chi connectivity index (χ2n) is 5.85. The van der Waals surface area contributed by atoms with E-state index in [9.17, 15) is 0 Å². The highest BCUT2D eigenvalue weighted by atomic mass is 35.5. The van der Waals surface area contributed by atoms with E-state index >= 15 is 0 Å². The SMILES string of the molecule is Cc1ccc(OCCCN(C)C)c(C=Cc2ccc(Cl)c(Cl)c2)n1.Cl. The minimum atomic E-state index is 0. The molecule has 6 heteroatoms. The van der Waals surface area contributed by atoms with Gasteiger partial charge in [-0.05, 0) is 63.3 Å². The van der Waals surface area contributed by atoms with Crippen molar-refractivity contribution in [1.82, 2.24) is 9.88 Å². The molecule has 0 amide bonds. The van der Waals surface area contributed by atoms with Gasteiger partial charge in [0.2, 0.25) is 0 Å². The fraction of sp³-hybridized carbons (Fsp3) is 0.316. The average Bonchev–Trinajstić information content (AvgIpc) is 2.54. The zero-order chi connectivity index (χ0) is 17.5. The smallest absolute Gasteiger partial charge is 0.144 e. The third-order valence-corrected chi connectivity index (χ3v) is 4.15. The summed E-state index contributed by atoms with van der Waals surface area (Å²) < 4.78 is 5.89. The zero-order valence-electron chi connectivity index (χ0n) is 14.6. The molecule has 0 unspecified atom stereocenters. The van der Waals surface area contributed by atoms with Crippen LogP contribution in [-0.2, 0) is 0 Å². The van der Waals surface area contributed by atoms with Crippen LogP contribution in [-0.4, -0.2) is 37.1 Å². The summed E-state index contributed by atoms with van der Waals surface area (Å²) in [4.78, 5) is 6.70. The number of halogens is 3. The van der Waals surface area contributed by atoms with Crippen LogP contribution < -0.4 is 4.74 Å². The Kier molecular flexibility index (Phi) is 9.30. The predicted octanol–water partition coefficient (Wildman–Crippen LogP) is 5.62. The Morgan fingerprint density at radius 3 is 2.52 bits per heavy atom. The van der Waals surface area contributed by atoms with E-state index in [1.165, 1.54) is 0 Å². The number of aromatic nitrogens is 1. The van der Waals surface area contributed by atoms with Crippen LogP contribution in [0.4, 0.5) is 0 Å². The van der Waals surface area contributed by atoms with Crippen LogP contribution in [0.15, 0.2) is 30.3 Å². The minimum absolute atomic E-state index is 0. The molecule has 0 N–H and O–H groups in total. The van der Waals surface area contributed by atoms with E-state index in [1.54, 1.807) is 6.07 Å². The van der Waals surface area contributed by atoms with Gasteiger partial charge in [0, 0.05) is 12.2 Å². The van der Waals surface area contributed by atoms with Gasteiger partial charge < -0.3 is 9.64 Å². The van der Waals surface area contributed by atoms with Crippen LogP contribution in [0.3, 0.4) is 0 Å². The first-order chi connectivity index (χ1) is 11.5. The van der Waals surface area contributed by atoms with E-state index < -0.39 is 0 Å². The lowest BCUT2D eigenvalue weighted by Crippen LogP contribution is -2.15. The Bertz CT molecular complexity index is 718. The van der Waals surface area contributed by atoms with Gasteiger partial charge in [-0.25, -0.2) is 4.98 Å². The van der Waals surface area contributed by atoms with E-state index in [2.05, 4.69) is 24.0 Å². The topological polar surface area (TPSA) is 25.4 Å². The summed E-state index contributed by atoms with van der Waals surface area (Å²) in [5, 5.41) is 1.09. The number of hydrogen-bond donors (Lipinski definition) is 0. The molecular formula is C19H23Cl3N2O. The summed E-state index contributed by atoms with van der Waals surface area (Å²) in [7, 11) is 4.11. The number of aryl methyl sites for hydroxylation is 1. The Labute approximate surface area is 166 Å². The molecule has 2 aromatic rings. The maximum Gasteiger partial charge on any atom is 0.144 e. The van der Waals surface area contributed by atoms with Crippen molar-refractivity contribution in [3.8, 4) is 5.75 Å². The van der Waals surface area contributed by atoms with Crippen LogP contribution >= 0.6 is 35.6 Å². The minimum Gasteiger partial charge on any atom is -0.491 e. The summed E-state index contributed by atoms with van der Waals surface area (Å²) in [5.41, 5.74) is 2.72. The van der Waals surface area contributed by atoms with Crippen LogP contribution in [0.5, 0.6) is 5.75 Å². The first kappa shape index (κ1) is 21.8. The highest BCUT2D eigenvalue weighted by Crippen LogP contribution is 2.25. The van der Waals surface area contributed by atoms with Crippen molar-refractivity contribution in [3.63, 3.8) is 0 Å². The number of rotatable bonds is 7. The Morgan fingerprint density at radius 2 is 1.84 bits per heavy atom. The third kappa shape index (κ3) is 7.25. The molecule has 1 heterocycles. The average molecular weight is 402 g/mol. The Morgan fingerprint density at radius 1 is 1.08 bits per heavy atom. The number of benzene rings is 1. The van der Waals surface area contributed by atoms with Gasteiger partial charge in [-0.2, -0.15) is 0 Å². The summed E-state index contributed by atoms with van der Waals surface area (Å²) in [6, 6.07) is 9.45. The maximum absolute atomic E-state index is 6.05.